The van der Waals surface area contributed by atoms with Crippen LogP contribution in [0.4, 0.5) is 0 Å². The fraction of sp³-hybridized carbons (Fsp3) is 1.00. The van der Waals surface area contributed by atoms with Crippen LogP contribution in [0.1, 0.15) is 112 Å². The molecule has 4 fully saturated rings. The number of rotatable bonds is 5. The van der Waals surface area contributed by atoms with Gasteiger partial charge in [0.25, 0.3) is 0 Å². The van der Waals surface area contributed by atoms with Crippen molar-refractivity contribution in [3.8, 4) is 0 Å². The number of hydrogen-bond acceptors (Lipinski definition) is 2. The zero-order chi connectivity index (χ0) is 21.0. The average Bonchev–Trinajstić information content (AvgIpc) is 3.03. The van der Waals surface area contributed by atoms with Gasteiger partial charge in [-0.2, -0.15) is 0 Å². The molecule has 4 aliphatic rings. The van der Waals surface area contributed by atoms with Crippen LogP contribution in [0.2, 0.25) is 0 Å². The molecule has 0 bridgehead atoms. The number of hydrogen-bond donors (Lipinski definition) is 2. The molecule has 0 amide bonds. The smallest absolute Gasteiger partial charge is 0.0622 e. The van der Waals surface area contributed by atoms with Crippen LogP contribution in [0.3, 0.4) is 0 Å². The third kappa shape index (κ3) is 3.73. The summed E-state index contributed by atoms with van der Waals surface area (Å²) in [7, 11) is 0. The highest BCUT2D eigenvalue weighted by Gasteiger charge is 2.61. The van der Waals surface area contributed by atoms with Gasteiger partial charge in [-0.25, -0.2) is 0 Å². The molecule has 0 aromatic rings. The minimum absolute atomic E-state index is 0.100. The molecule has 4 rings (SSSR count). The Balaban J connectivity index is 1.48. The highest BCUT2D eigenvalue weighted by atomic mass is 16.3. The molecule has 0 aromatic carbocycles. The molecule has 10 atom stereocenters. The minimum atomic E-state index is -0.420. The largest absolute Gasteiger partial charge is 0.393 e. The van der Waals surface area contributed by atoms with Crippen molar-refractivity contribution in [1.29, 1.82) is 0 Å². The van der Waals surface area contributed by atoms with Gasteiger partial charge < -0.3 is 10.2 Å². The predicted octanol–water partition coefficient (Wildman–Crippen LogP) is 6.58. The van der Waals surface area contributed by atoms with Crippen LogP contribution in [-0.4, -0.2) is 21.9 Å². The van der Waals surface area contributed by atoms with Gasteiger partial charge in [0.1, 0.15) is 0 Å². The third-order valence-electron chi connectivity index (χ3n) is 11.1. The second kappa shape index (κ2) is 7.80. The van der Waals surface area contributed by atoms with Gasteiger partial charge in [-0.1, -0.05) is 27.7 Å². The normalized spacial score (nSPS) is 51.6. The van der Waals surface area contributed by atoms with E-state index in [9.17, 15) is 10.2 Å². The summed E-state index contributed by atoms with van der Waals surface area (Å²) in [4.78, 5) is 0. The van der Waals surface area contributed by atoms with E-state index in [1.165, 1.54) is 51.4 Å². The first kappa shape index (κ1) is 22.1. The Labute approximate surface area is 180 Å². The predicted molar refractivity (Wildman–Crippen MR) is 121 cm³/mol. The lowest BCUT2D eigenvalue weighted by Gasteiger charge is -2.62. The molecule has 4 saturated carbocycles. The quantitative estimate of drug-likeness (QED) is 0.543. The summed E-state index contributed by atoms with van der Waals surface area (Å²) < 4.78 is 0. The summed E-state index contributed by atoms with van der Waals surface area (Å²) in [5, 5.41) is 20.8. The van der Waals surface area contributed by atoms with Gasteiger partial charge in [0, 0.05) is 0 Å². The molecule has 0 saturated heterocycles. The summed E-state index contributed by atoms with van der Waals surface area (Å²) >= 11 is 0. The van der Waals surface area contributed by atoms with E-state index >= 15 is 0 Å². The Morgan fingerprint density at radius 3 is 2.31 bits per heavy atom. The highest BCUT2D eigenvalue weighted by Crippen LogP contribution is 2.68. The summed E-state index contributed by atoms with van der Waals surface area (Å²) in [6.07, 6.45) is 14.7. The van der Waals surface area contributed by atoms with Gasteiger partial charge in [-0.05, 0) is 130 Å². The second-order valence-electron chi connectivity index (χ2n) is 12.7. The van der Waals surface area contributed by atoms with Crippen molar-refractivity contribution >= 4 is 0 Å². The molecule has 2 N–H and O–H groups in total. The van der Waals surface area contributed by atoms with E-state index in [1.54, 1.807) is 0 Å². The van der Waals surface area contributed by atoms with Crippen molar-refractivity contribution in [3.05, 3.63) is 0 Å². The van der Waals surface area contributed by atoms with E-state index in [4.69, 9.17) is 0 Å². The first-order chi connectivity index (χ1) is 13.6. The standard InChI is InChI=1S/C27H48O2/c1-6-20(28)9-7-18(2)22-11-12-23-21-10-8-19-17-25(3,29)15-16-26(19,4)24(21)13-14-27(22,23)5/h18-24,28-29H,6-17H2,1-5H3/t18-,19+,20+,21+,22-,23+,24+,25+,26+,27-/m1/s1. The molecule has 29 heavy (non-hydrogen) atoms. The summed E-state index contributed by atoms with van der Waals surface area (Å²) in [5.74, 6) is 5.09. The van der Waals surface area contributed by atoms with Gasteiger partial charge in [0.2, 0.25) is 0 Å². The van der Waals surface area contributed by atoms with Crippen LogP contribution < -0.4 is 0 Å². The van der Waals surface area contributed by atoms with Crippen LogP contribution in [0, 0.1) is 46.3 Å². The van der Waals surface area contributed by atoms with E-state index in [0.29, 0.717) is 10.8 Å². The van der Waals surface area contributed by atoms with Crippen molar-refractivity contribution in [2.45, 2.75) is 123 Å². The molecule has 0 radical (unpaired) electrons. The summed E-state index contributed by atoms with van der Waals surface area (Å²) in [6.45, 7) is 11.9. The topological polar surface area (TPSA) is 40.5 Å². The van der Waals surface area contributed by atoms with Crippen LogP contribution in [-0.2, 0) is 0 Å². The zero-order valence-electron chi connectivity index (χ0n) is 19.9. The molecule has 0 unspecified atom stereocenters. The van der Waals surface area contributed by atoms with E-state index < -0.39 is 5.60 Å². The fourth-order valence-corrected chi connectivity index (χ4v) is 9.27. The van der Waals surface area contributed by atoms with Gasteiger partial charge in [0.15, 0.2) is 0 Å². The summed E-state index contributed by atoms with van der Waals surface area (Å²) in [5.41, 5.74) is 0.583. The monoisotopic (exact) mass is 404 g/mol. The molecule has 0 aliphatic heterocycles. The Hall–Kier alpha value is -0.0800. The van der Waals surface area contributed by atoms with Gasteiger partial charge in [-0.3, -0.25) is 0 Å². The zero-order valence-corrected chi connectivity index (χ0v) is 19.9. The SMILES string of the molecule is CC[C@H](O)CC[C@@H](C)[C@H]1CC[C@H]2[C@@H]3CC[C@H]4C[C@@](C)(O)CC[C@]4(C)[C@H]3CC[C@]12C. The third-order valence-corrected chi connectivity index (χ3v) is 11.1. The summed E-state index contributed by atoms with van der Waals surface area (Å²) in [6, 6.07) is 0. The molecule has 0 aromatic heterocycles. The highest BCUT2D eigenvalue weighted by molar-refractivity contribution is 5.10. The number of aliphatic hydroxyl groups excluding tert-OH is 1. The van der Waals surface area contributed by atoms with E-state index in [1.807, 2.05) is 0 Å². The molecule has 2 heteroatoms. The number of fused-ring (bicyclic) bond motifs is 5. The first-order valence-electron chi connectivity index (χ1n) is 13.0. The first-order valence-corrected chi connectivity index (χ1v) is 13.0. The van der Waals surface area contributed by atoms with Crippen LogP contribution in [0.5, 0.6) is 0 Å². The van der Waals surface area contributed by atoms with E-state index in [-0.39, 0.29) is 6.10 Å². The molecule has 2 nitrogen and oxygen atoms in total. The Morgan fingerprint density at radius 1 is 0.862 bits per heavy atom. The van der Waals surface area contributed by atoms with E-state index in [0.717, 1.165) is 61.2 Å². The molecule has 0 heterocycles. The van der Waals surface area contributed by atoms with Crippen molar-refractivity contribution < 1.29 is 10.2 Å². The van der Waals surface area contributed by atoms with Gasteiger partial charge in [-0.15, -0.1) is 0 Å². The molecular formula is C27H48O2. The van der Waals surface area contributed by atoms with Gasteiger partial charge >= 0.3 is 0 Å². The Morgan fingerprint density at radius 2 is 1.59 bits per heavy atom. The molecule has 168 valence electrons. The lowest BCUT2D eigenvalue weighted by atomic mass is 9.43. The van der Waals surface area contributed by atoms with E-state index in [2.05, 4.69) is 34.6 Å². The minimum Gasteiger partial charge on any atom is -0.393 e. The lowest BCUT2D eigenvalue weighted by Crippen LogP contribution is -2.55. The van der Waals surface area contributed by atoms with Gasteiger partial charge in [0.05, 0.1) is 11.7 Å². The Bertz CT molecular complexity index is 585. The maximum atomic E-state index is 10.7. The molecular weight excluding hydrogens is 356 g/mol. The van der Waals surface area contributed by atoms with Crippen LogP contribution >= 0.6 is 0 Å². The van der Waals surface area contributed by atoms with Crippen LogP contribution in [0.25, 0.3) is 0 Å². The molecule has 4 aliphatic carbocycles. The van der Waals surface area contributed by atoms with Crippen molar-refractivity contribution in [2.75, 3.05) is 0 Å². The van der Waals surface area contributed by atoms with Crippen molar-refractivity contribution in [2.24, 2.45) is 46.3 Å². The maximum absolute atomic E-state index is 10.7. The lowest BCUT2D eigenvalue weighted by molar-refractivity contribution is -0.148. The second-order valence-corrected chi connectivity index (χ2v) is 12.7. The Kier molecular flexibility index (Phi) is 5.95. The molecule has 0 spiro atoms. The fourth-order valence-electron chi connectivity index (χ4n) is 9.27. The number of aliphatic hydroxyl groups is 2. The van der Waals surface area contributed by atoms with Crippen molar-refractivity contribution in [1.82, 2.24) is 0 Å². The average molecular weight is 405 g/mol. The maximum Gasteiger partial charge on any atom is 0.0622 e. The van der Waals surface area contributed by atoms with Crippen LogP contribution in [0.15, 0.2) is 0 Å². The van der Waals surface area contributed by atoms with Crippen molar-refractivity contribution in [3.63, 3.8) is 0 Å².